The summed E-state index contributed by atoms with van der Waals surface area (Å²) in [6.45, 7) is 0. The molecule has 0 amide bonds. The van der Waals surface area contributed by atoms with Crippen molar-refractivity contribution < 1.29 is 0 Å². The Hall–Kier alpha value is -6.68. The third kappa shape index (κ3) is 4.78. The summed E-state index contributed by atoms with van der Waals surface area (Å²) in [5, 5.41) is 9.80. The Balaban J connectivity index is 0.985. The lowest BCUT2D eigenvalue weighted by Gasteiger charge is -2.14. The molecule has 2 aromatic heterocycles. The molecule has 246 valence electrons. The van der Waals surface area contributed by atoms with E-state index in [1.807, 2.05) is 11.3 Å². The lowest BCUT2D eigenvalue weighted by Crippen LogP contribution is -1.89. The molecule has 0 saturated heterocycles. The predicted octanol–water partition coefficient (Wildman–Crippen LogP) is 14.1. The molecule has 0 fully saturated rings. The summed E-state index contributed by atoms with van der Waals surface area (Å²) in [6, 6.07) is 62.1. The van der Waals surface area contributed by atoms with Gasteiger partial charge in [-0.05, 0) is 84.3 Å². The third-order valence-corrected chi connectivity index (χ3v) is 12.0. The van der Waals surface area contributed by atoms with Crippen LogP contribution in [-0.2, 0) is 0 Å². The van der Waals surface area contributed by atoms with Gasteiger partial charge in [-0.1, -0.05) is 152 Å². The first-order chi connectivity index (χ1) is 26.3. The maximum absolute atomic E-state index is 4.75. The highest BCUT2D eigenvalue weighted by atomic mass is 32.1. The number of rotatable bonds is 4. The highest BCUT2D eigenvalue weighted by molar-refractivity contribution is 7.26. The Morgan fingerprint density at radius 1 is 0.302 bits per heavy atom. The minimum Gasteiger partial charge on any atom is -0.252 e. The minimum absolute atomic E-state index is 0.941. The molecule has 2 nitrogen and oxygen atoms in total. The number of nitrogens with zero attached hydrogens (tertiary/aromatic N) is 2. The Kier molecular flexibility index (Phi) is 6.76. The zero-order chi connectivity index (χ0) is 34.9. The van der Waals surface area contributed by atoms with Gasteiger partial charge in [-0.25, -0.2) is 0 Å². The lowest BCUT2D eigenvalue weighted by atomic mass is 9.90. The second kappa shape index (κ2) is 11.9. The summed E-state index contributed by atoms with van der Waals surface area (Å²) < 4.78 is 2.68. The lowest BCUT2D eigenvalue weighted by molar-refractivity contribution is 1.31. The maximum Gasteiger partial charge on any atom is 0.0971 e. The minimum atomic E-state index is 0.941. The number of hydrogen-bond donors (Lipinski definition) is 0. The molecule has 0 N–H and O–H groups in total. The monoisotopic (exact) mass is 690 g/mol. The molecule has 0 aliphatic heterocycles. The van der Waals surface area contributed by atoms with Crippen LogP contribution in [-0.4, -0.2) is 9.97 Å². The standard InChI is InChI=1S/C50H30N2S/c1-2-13-43-41(11-1)46-30-34(25-26-44(46)49-48(43)51-27-28-52-49)33-9-5-10-35(29-33)37-15-7-17-39-36(14-6-18-40(37)39)31-21-23-32(24-22-31)38-16-8-19-45-42-12-3-4-20-47(42)53-50(38)45/h1-30H. The highest BCUT2D eigenvalue weighted by Crippen LogP contribution is 2.42. The van der Waals surface area contributed by atoms with Gasteiger partial charge in [0.05, 0.1) is 11.0 Å². The Bertz CT molecular complexity index is 3190. The largest absolute Gasteiger partial charge is 0.252 e. The van der Waals surface area contributed by atoms with E-state index in [4.69, 9.17) is 9.97 Å². The molecule has 0 radical (unpaired) electrons. The van der Waals surface area contributed by atoms with Gasteiger partial charge in [0.15, 0.2) is 0 Å². The average molecular weight is 691 g/mol. The molecule has 0 spiro atoms. The van der Waals surface area contributed by atoms with Gasteiger partial charge in [-0.3, -0.25) is 9.97 Å². The maximum atomic E-state index is 4.75. The molecule has 3 heteroatoms. The van der Waals surface area contributed by atoms with Gasteiger partial charge >= 0.3 is 0 Å². The fourth-order valence-corrected chi connectivity index (χ4v) is 9.53. The van der Waals surface area contributed by atoms with Crippen molar-refractivity contribution in [3.63, 3.8) is 0 Å². The molecular weight excluding hydrogens is 661 g/mol. The van der Waals surface area contributed by atoms with Crippen molar-refractivity contribution in [2.45, 2.75) is 0 Å². The van der Waals surface area contributed by atoms with Crippen molar-refractivity contribution in [3.05, 3.63) is 182 Å². The fraction of sp³-hybridized carbons (Fsp3) is 0. The van der Waals surface area contributed by atoms with Gasteiger partial charge in [0.2, 0.25) is 0 Å². The molecule has 0 bridgehead atoms. The first kappa shape index (κ1) is 30.0. The van der Waals surface area contributed by atoms with Crippen LogP contribution in [0, 0.1) is 0 Å². The predicted molar refractivity (Wildman–Crippen MR) is 227 cm³/mol. The van der Waals surface area contributed by atoms with Crippen LogP contribution in [0.3, 0.4) is 0 Å². The van der Waals surface area contributed by atoms with Crippen molar-refractivity contribution in [1.82, 2.24) is 9.97 Å². The molecule has 0 aliphatic carbocycles. The van der Waals surface area contributed by atoms with Crippen LogP contribution >= 0.6 is 11.3 Å². The van der Waals surface area contributed by atoms with Gasteiger partial charge in [0, 0.05) is 43.3 Å². The average Bonchev–Trinajstić information content (AvgIpc) is 3.62. The molecule has 53 heavy (non-hydrogen) atoms. The molecule has 9 aromatic carbocycles. The normalized spacial score (nSPS) is 11.8. The van der Waals surface area contributed by atoms with Gasteiger partial charge in [-0.2, -0.15) is 0 Å². The molecule has 11 rings (SSSR count). The van der Waals surface area contributed by atoms with Crippen LogP contribution in [0.4, 0.5) is 0 Å². The fourth-order valence-electron chi connectivity index (χ4n) is 8.29. The summed E-state index contributed by atoms with van der Waals surface area (Å²) in [5.41, 5.74) is 11.7. The van der Waals surface area contributed by atoms with E-state index in [0.717, 1.165) is 21.8 Å². The molecule has 0 atom stereocenters. The van der Waals surface area contributed by atoms with Crippen molar-refractivity contribution in [2.75, 3.05) is 0 Å². The molecule has 0 saturated carbocycles. The van der Waals surface area contributed by atoms with E-state index in [1.54, 1.807) is 12.4 Å². The highest BCUT2D eigenvalue weighted by Gasteiger charge is 2.14. The Labute approximate surface area is 310 Å². The van der Waals surface area contributed by atoms with Crippen molar-refractivity contribution >= 4 is 74.9 Å². The second-order valence-electron chi connectivity index (χ2n) is 13.7. The van der Waals surface area contributed by atoms with E-state index >= 15 is 0 Å². The topological polar surface area (TPSA) is 25.8 Å². The van der Waals surface area contributed by atoms with Gasteiger partial charge in [-0.15, -0.1) is 11.3 Å². The van der Waals surface area contributed by atoms with E-state index in [0.29, 0.717) is 0 Å². The summed E-state index contributed by atoms with van der Waals surface area (Å²) in [4.78, 5) is 9.45. The molecule has 0 aliphatic rings. The molecule has 11 aromatic rings. The first-order valence-corrected chi connectivity index (χ1v) is 18.8. The smallest absolute Gasteiger partial charge is 0.0971 e. The number of hydrogen-bond acceptors (Lipinski definition) is 3. The van der Waals surface area contributed by atoms with E-state index in [1.165, 1.54) is 86.2 Å². The zero-order valence-corrected chi connectivity index (χ0v) is 29.4. The molecule has 0 unspecified atom stereocenters. The molecular formula is C50H30N2S. The van der Waals surface area contributed by atoms with E-state index in [-0.39, 0.29) is 0 Å². The second-order valence-corrected chi connectivity index (χ2v) is 14.8. The summed E-state index contributed by atoms with van der Waals surface area (Å²) in [5.74, 6) is 0. The third-order valence-electron chi connectivity index (χ3n) is 10.8. The molecule has 2 heterocycles. The first-order valence-electron chi connectivity index (χ1n) is 18.0. The summed E-state index contributed by atoms with van der Waals surface area (Å²) >= 11 is 1.88. The van der Waals surface area contributed by atoms with Crippen molar-refractivity contribution in [3.8, 4) is 44.5 Å². The van der Waals surface area contributed by atoms with Crippen LogP contribution in [0.5, 0.6) is 0 Å². The van der Waals surface area contributed by atoms with E-state index < -0.39 is 0 Å². The summed E-state index contributed by atoms with van der Waals surface area (Å²) in [7, 11) is 0. The number of aromatic nitrogens is 2. The van der Waals surface area contributed by atoms with Gasteiger partial charge in [0.1, 0.15) is 0 Å². The van der Waals surface area contributed by atoms with Crippen LogP contribution in [0.1, 0.15) is 0 Å². The SMILES string of the molecule is c1cc(-c2ccc3c(c2)c2ccccc2c2nccnc32)cc(-c2cccc3c(-c4ccc(-c5cccc6c5sc5ccccc56)cc4)cccc23)c1. The van der Waals surface area contributed by atoms with E-state index in [2.05, 4.69) is 170 Å². The van der Waals surface area contributed by atoms with Crippen molar-refractivity contribution in [2.24, 2.45) is 0 Å². The van der Waals surface area contributed by atoms with Crippen LogP contribution < -0.4 is 0 Å². The van der Waals surface area contributed by atoms with Crippen LogP contribution in [0.25, 0.3) is 108 Å². The Morgan fingerprint density at radius 3 is 1.57 bits per heavy atom. The van der Waals surface area contributed by atoms with Gasteiger partial charge in [0.25, 0.3) is 0 Å². The van der Waals surface area contributed by atoms with Crippen LogP contribution in [0.15, 0.2) is 182 Å². The van der Waals surface area contributed by atoms with E-state index in [9.17, 15) is 0 Å². The zero-order valence-electron chi connectivity index (χ0n) is 28.6. The van der Waals surface area contributed by atoms with Gasteiger partial charge < -0.3 is 0 Å². The quantitative estimate of drug-likeness (QED) is 0.172. The van der Waals surface area contributed by atoms with Crippen molar-refractivity contribution in [1.29, 1.82) is 0 Å². The number of thiophene rings is 1. The number of benzene rings is 9. The Morgan fingerprint density at radius 2 is 0.811 bits per heavy atom. The van der Waals surface area contributed by atoms with Crippen LogP contribution in [0.2, 0.25) is 0 Å². The summed E-state index contributed by atoms with van der Waals surface area (Å²) in [6.07, 6.45) is 3.56. The number of fused-ring (bicyclic) bond motifs is 10.